The van der Waals surface area contributed by atoms with Crippen LogP contribution in [-0.2, 0) is 23.8 Å². The molecule has 1 rings (SSSR count). The zero-order valence-electron chi connectivity index (χ0n) is 55.1. The Kier molecular flexibility index (Phi) is 59.5. The first-order chi connectivity index (χ1) is 41.7. The van der Waals surface area contributed by atoms with E-state index in [9.17, 15) is 35.1 Å². The number of unbranched alkanes of at least 4 members (excludes halogenated alkanes) is 41. The molecule has 7 atom stereocenters. The fraction of sp³-hybridized carbons (Fsp3) is 0.838. The minimum absolute atomic E-state index is 0.00150. The maximum atomic E-state index is 13.0. The molecule has 1 saturated heterocycles. The molecule has 1 aliphatic rings. The highest BCUT2D eigenvalue weighted by Gasteiger charge is 2.44. The van der Waals surface area contributed by atoms with Crippen LogP contribution in [0.5, 0.6) is 0 Å². The summed E-state index contributed by atoms with van der Waals surface area (Å²) in [7, 11) is 0. The Bertz CT molecular complexity index is 1600. The summed E-state index contributed by atoms with van der Waals surface area (Å²) < 4.78 is 16.7. The lowest BCUT2D eigenvalue weighted by Gasteiger charge is -2.40. The highest BCUT2D eigenvalue weighted by molar-refractivity contribution is 5.76. The topological polar surface area (TPSA) is 175 Å². The number of amides is 1. The summed E-state index contributed by atoms with van der Waals surface area (Å²) in [6, 6.07) is -0.827. The van der Waals surface area contributed by atoms with E-state index in [-0.39, 0.29) is 18.5 Å². The second kappa shape index (κ2) is 62.9. The normalized spacial score (nSPS) is 18.3. The van der Waals surface area contributed by atoms with Crippen LogP contribution in [0.15, 0.2) is 60.8 Å². The Hall–Kier alpha value is -2.64. The SMILES string of the molecule is CCCCC/C=C/CC/C=C/C(O)C(COC1OC(CO)C(O)C(O)C1O)NC(=O)CCCCCCCCCCCCCCCCC/C=C\C/C=C\CCCCCCCCCCCOC(=O)CCCCCCCCC/C=C\CCCCCCCC. The number of hydrogen-bond acceptors (Lipinski definition) is 10. The van der Waals surface area contributed by atoms with Crippen molar-refractivity contribution in [1.29, 1.82) is 0 Å². The Balaban J connectivity index is 1.92. The van der Waals surface area contributed by atoms with Crippen LogP contribution >= 0.6 is 0 Å². The van der Waals surface area contributed by atoms with Crippen LogP contribution in [0, 0.1) is 0 Å². The molecule has 496 valence electrons. The highest BCUT2D eigenvalue weighted by Crippen LogP contribution is 2.23. The van der Waals surface area contributed by atoms with E-state index in [1.165, 1.54) is 244 Å². The van der Waals surface area contributed by atoms with Crippen molar-refractivity contribution < 1.29 is 49.3 Å². The Morgan fingerprint density at radius 1 is 0.435 bits per heavy atom. The first-order valence-electron chi connectivity index (χ1n) is 36.1. The number of ether oxygens (including phenoxy) is 3. The molecule has 0 aromatic carbocycles. The molecular weight excluding hydrogens is 1060 g/mol. The number of rotatable bonds is 63. The Labute approximate surface area is 522 Å². The first kappa shape index (κ1) is 80.4. The lowest BCUT2D eigenvalue weighted by atomic mass is 9.99. The molecule has 0 saturated carbocycles. The van der Waals surface area contributed by atoms with Gasteiger partial charge in [0.1, 0.15) is 24.4 Å². The van der Waals surface area contributed by atoms with Crippen molar-refractivity contribution in [1.82, 2.24) is 5.32 Å². The van der Waals surface area contributed by atoms with Crippen LogP contribution in [0.25, 0.3) is 0 Å². The summed E-state index contributed by atoms with van der Waals surface area (Å²) in [5.74, 6) is -0.192. The molecule has 1 aliphatic heterocycles. The van der Waals surface area contributed by atoms with Gasteiger partial charge in [-0.25, -0.2) is 0 Å². The van der Waals surface area contributed by atoms with Gasteiger partial charge < -0.3 is 45.1 Å². The summed E-state index contributed by atoms with van der Waals surface area (Å²) in [5, 5.41) is 54.2. The smallest absolute Gasteiger partial charge is 0.305 e. The van der Waals surface area contributed by atoms with E-state index in [1.54, 1.807) is 6.08 Å². The summed E-state index contributed by atoms with van der Waals surface area (Å²) in [5.41, 5.74) is 0. The van der Waals surface area contributed by atoms with Crippen molar-refractivity contribution in [2.24, 2.45) is 0 Å². The largest absolute Gasteiger partial charge is 0.466 e. The molecule has 0 radical (unpaired) electrons. The number of aliphatic hydroxyl groups excluding tert-OH is 5. The van der Waals surface area contributed by atoms with Gasteiger partial charge in [0.15, 0.2) is 6.29 Å². The Morgan fingerprint density at radius 3 is 1.26 bits per heavy atom. The predicted octanol–water partition coefficient (Wildman–Crippen LogP) is 18.5. The van der Waals surface area contributed by atoms with Gasteiger partial charge in [-0.05, 0) is 103 Å². The third kappa shape index (κ3) is 51.9. The van der Waals surface area contributed by atoms with Gasteiger partial charge in [-0.2, -0.15) is 0 Å². The van der Waals surface area contributed by atoms with Gasteiger partial charge in [-0.3, -0.25) is 9.59 Å². The van der Waals surface area contributed by atoms with E-state index in [1.807, 2.05) is 6.08 Å². The average Bonchev–Trinajstić information content (AvgIpc) is 3.71. The third-order valence-corrected chi connectivity index (χ3v) is 16.8. The third-order valence-electron chi connectivity index (χ3n) is 16.8. The molecule has 11 heteroatoms. The second-order valence-corrected chi connectivity index (χ2v) is 24.9. The van der Waals surface area contributed by atoms with Crippen LogP contribution in [0.3, 0.4) is 0 Å². The molecule has 0 bridgehead atoms. The predicted molar refractivity (Wildman–Crippen MR) is 357 cm³/mol. The van der Waals surface area contributed by atoms with Crippen LogP contribution in [0.4, 0.5) is 0 Å². The summed E-state index contributed by atoms with van der Waals surface area (Å²) in [6.07, 6.45) is 73.8. The average molecular weight is 1200 g/mol. The summed E-state index contributed by atoms with van der Waals surface area (Å²) in [4.78, 5) is 25.1. The number of carbonyl (C=O) groups is 2. The lowest BCUT2D eigenvalue weighted by Crippen LogP contribution is -2.60. The van der Waals surface area contributed by atoms with Crippen molar-refractivity contribution in [3.8, 4) is 0 Å². The van der Waals surface area contributed by atoms with Crippen molar-refractivity contribution in [2.75, 3.05) is 19.8 Å². The molecule has 0 aliphatic carbocycles. The first-order valence-corrected chi connectivity index (χ1v) is 36.1. The zero-order valence-corrected chi connectivity index (χ0v) is 55.1. The fourth-order valence-corrected chi connectivity index (χ4v) is 11.1. The van der Waals surface area contributed by atoms with E-state index in [0.717, 1.165) is 64.2 Å². The van der Waals surface area contributed by atoms with Crippen molar-refractivity contribution in [3.63, 3.8) is 0 Å². The molecule has 0 aromatic rings. The summed E-state index contributed by atoms with van der Waals surface area (Å²) in [6.45, 7) is 4.29. The van der Waals surface area contributed by atoms with Crippen LogP contribution in [0.1, 0.15) is 335 Å². The van der Waals surface area contributed by atoms with Gasteiger partial charge in [-0.15, -0.1) is 0 Å². The van der Waals surface area contributed by atoms with E-state index in [4.69, 9.17) is 14.2 Å². The van der Waals surface area contributed by atoms with Gasteiger partial charge in [0.25, 0.3) is 0 Å². The van der Waals surface area contributed by atoms with Crippen molar-refractivity contribution in [3.05, 3.63) is 60.8 Å². The number of esters is 1. The van der Waals surface area contributed by atoms with Gasteiger partial charge in [0, 0.05) is 12.8 Å². The minimum Gasteiger partial charge on any atom is -0.466 e. The maximum Gasteiger partial charge on any atom is 0.305 e. The van der Waals surface area contributed by atoms with Crippen molar-refractivity contribution >= 4 is 11.9 Å². The number of hydrogen-bond donors (Lipinski definition) is 6. The molecule has 1 amide bonds. The monoisotopic (exact) mass is 1200 g/mol. The Morgan fingerprint density at radius 2 is 0.800 bits per heavy atom. The second-order valence-electron chi connectivity index (χ2n) is 24.9. The van der Waals surface area contributed by atoms with E-state index in [2.05, 4.69) is 67.8 Å². The minimum atomic E-state index is -1.58. The van der Waals surface area contributed by atoms with E-state index >= 15 is 0 Å². The molecular formula is C74H135NO10. The highest BCUT2D eigenvalue weighted by atomic mass is 16.7. The van der Waals surface area contributed by atoms with Gasteiger partial charge in [-0.1, -0.05) is 280 Å². The van der Waals surface area contributed by atoms with Crippen LogP contribution in [0.2, 0.25) is 0 Å². The number of carbonyl (C=O) groups excluding carboxylic acids is 2. The quantitative estimate of drug-likeness (QED) is 0.0195. The molecule has 6 N–H and O–H groups in total. The number of allylic oxidation sites excluding steroid dienone is 9. The fourth-order valence-electron chi connectivity index (χ4n) is 11.1. The van der Waals surface area contributed by atoms with E-state index in [0.29, 0.717) is 19.4 Å². The molecule has 7 unspecified atom stereocenters. The number of aliphatic hydroxyl groups is 5. The molecule has 11 nitrogen and oxygen atoms in total. The molecule has 85 heavy (non-hydrogen) atoms. The van der Waals surface area contributed by atoms with Crippen molar-refractivity contribution in [2.45, 2.75) is 378 Å². The maximum absolute atomic E-state index is 13.0. The van der Waals surface area contributed by atoms with Crippen LogP contribution in [-0.4, -0.2) is 100 Å². The molecule has 0 spiro atoms. The molecule has 1 heterocycles. The summed E-state index contributed by atoms with van der Waals surface area (Å²) >= 11 is 0. The van der Waals surface area contributed by atoms with Crippen LogP contribution < -0.4 is 5.32 Å². The molecule has 1 fully saturated rings. The lowest BCUT2D eigenvalue weighted by molar-refractivity contribution is -0.302. The molecule has 0 aromatic heterocycles. The standard InChI is InChI=1S/C74H135NO10/c1-3-5-7-9-11-13-14-15-16-32-36-39-42-46-50-54-58-62-70(79)83-63-59-55-51-47-43-40-37-34-31-29-27-25-23-21-19-17-18-20-22-24-26-28-30-33-35-38-41-45-49-53-57-61-69(78)75-66(67(77)60-56-52-48-44-12-10-8-6-4-2)65-84-74-73(82)72(81)71(80)68(64-76)85-74/h12,15-16,19,21,25,27,44,56,60,66-68,71-74,76-77,80-82H,3-11,13-14,17-18,20,22-24,26,28-43,45-55,57-59,61-65H2,1-2H3,(H,75,78)/b16-15-,21-19-,27-25-,44-12+,60-56+. The number of nitrogens with one attached hydrogen (secondary N) is 1. The van der Waals surface area contributed by atoms with Gasteiger partial charge >= 0.3 is 5.97 Å². The van der Waals surface area contributed by atoms with E-state index < -0.39 is 49.5 Å². The van der Waals surface area contributed by atoms with Gasteiger partial charge in [0.2, 0.25) is 5.91 Å². The zero-order chi connectivity index (χ0) is 61.6. The van der Waals surface area contributed by atoms with Gasteiger partial charge in [0.05, 0.1) is 32.0 Å².